The Morgan fingerprint density at radius 3 is 2.81 bits per heavy atom. The van der Waals surface area contributed by atoms with Gasteiger partial charge in [0.25, 0.3) is 5.91 Å². The first-order valence-corrected chi connectivity index (χ1v) is 10.3. The summed E-state index contributed by atoms with van der Waals surface area (Å²) >= 11 is 0. The molecular formula is C23H21N7O2. The van der Waals surface area contributed by atoms with Crippen molar-refractivity contribution in [3.8, 4) is 11.1 Å². The summed E-state index contributed by atoms with van der Waals surface area (Å²) in [5.41, 5.74) is 4.82. The van der Waals surface area contributed by atoms with Crippen molar-refractivity contribution in [3.05, 3.63) is 83.7 Å². The molecule has 1 atom stereocenters. The number of carbonyl (C=O) groups excluding carboxylic acids is 2. The minimum absolute atomic E-state index is 0.0211. The standard InChI is InChI=1S/C23H21N7O2/c31-22-19(9-7-16-11-15(6-8-18(16)26-22)17-12-24-25-13-17)27-23(32)21-28-20(29-30-21)10-14-4-2-1-3-5-14/h1-6,8,11-13,19H,7,9-10H2,(H,24,25)(H,26,31)(H,27,32)(H,28,29,30). The van der Waals surface area contributed by atoms with Gasteiger partial charge in [-0.05, 0) is 41.7 Å². The number of nitrogens with zero attached hydrogens (tertiary/aromatic N) is 3. The second-order valence-corrected chi connectivity index (χ2v) is 7.68. The van der Waals surface area contributed by atoms with Gasteiger partial charge in [0.15, 0.2) is 0 Å². The Bertz CT molecular complexity index is 1250. The summed E-state index contributed by atoms with van der Waals surface area (Å²) in [5.74, 6) is -0.127. The Balaban J connectivity index is 1.26. The molecule has 0 aliphatic carbocycles. The van der Waals surface area contributed by atoms with Crippen molar-refractivity contribution < 1.29 is 9.59 Å². The van der Waals surface area contributed by atoms with Gasteiger partial charge in [-0.1, -0.05) is 36.4 Å². The fourth-order valence-electron chi connectivity index (χ4n) is 3.79. The molecule has 9 heteroatoms. The van der Waals surface area contributed by atoms with Crippen LogP contribution in [0.5, 0.6) is 0 Å². The van der Waals surface area contributed by atoms with E-state index in [4.69, 9.17) is 0 Å². The fraction of sp³-hybridized carbons (Fsp3) is 0.174. The lowest BCUT2D eigenvalue weighted by Crippen LogP contribution is -2.43. The summed E-state index contributed by atoms with van der Waals surface area (Å²) in [6, 6.07) is 15.0. The van der Waals surface area contributed by atoms with Gasteiger partial charge < -0.3 is 10.6 Å². The van der Waals surface area contributed by atoms with Gasteiger partial charge >= 0.3 is 0 Å². The third-order valence-electron chi connectivity index (χ3n) is 5.47. The van der Waals surface area contributed by atoms with E-state index in [2.05, 4.69) is 36.0 Å². The number of aromatic nitrogens is 5. The molecule has 2 amide bonds. The topological polar surface area (TPSA) is 128 Å². The average molecular weight is 427 g/mol. The van der Waals surface area contributed by atoms with Crippen molar-refractivity contribution in [1.82, 2.24) is 30.7 Å². The zero-order valence-corrected chi connectivity index (χ0v) is 17.1. The molecule has 2 aromatic heterocycles. The summed E-state index contributed by atoms with van der Waals surface area (Å²) < 4.78 is 0. The molecule has 1 aliphatic heterocycles. The number of aryl methyl sites for hydroxylation is 1. The van der Waals surface area contributed by atoms with E-state index in [1.807, 2.05) is 54.7 Å². The number of fused-ring (bicyclic) bond motifs is 1. The number of hydrogen-bond donors (Lipinski definition) is 4. The van der Waals surface area contributed by atoms with Crippen LogP contribution in [0.25, 0.3) is 11.1 Å². The number of rotatable bonds is 5. The number of H-pyrrole nitrogens is 2. The second-order valence-electron chi connectivity index (χ2n) is 7.68. The molecule has 1 unspecified atom stereocenters. The third-order valence-corrected chi connectivity index (χ3v) is 5.47. The Hall–Kier alpha value is -4.27. The molecule has 0 radical (unpaired) electrons. The van der Waals surface area contributed by atoms with Crippen LogP contribution in [0.2, 0.25) is 0 Å². The van der Waals surface area contributed by atoms with Crippen LogP contribution in [0, 0.1) is 0 Å². The van der Waals surface area contributed by atoms with Crippen molar-refractivity contribution >= 4 is 17.5 Å². The molecule has 9 nitrogen and oxygen atoms in total. The molecule has 160 valence electrons. The molecule has 0 saturated carbocycles. The van der Waals surface area contributed by atoms with Crippen LogP contribution in [-0.2, 0) is 17.6 Å². The highest BCUT2D eigenvalue weighted by Gasteiger charge is 2.27. The van der Waals surface area contributed by atoms with Crippen LogP contribution >= 0.6 is 0 Å². The van der Waals surface area contributed by atoms with E-state index in [-0.39, 0.29) is 11.7 Å². The minimum Gasteiger partial charge on any atom is -0.337 e. The first-order valence-electron chi connectivity index (χ1n) is 10.3. The Morgan fingerprint density at radius 1 is 1.12 bits per heavy atom. The molecular weight excluding hydrogens is 406 g/mol. The van der Waals surface area contributed by atoms with Gasteiger partial charge in [-0.25, -0.2) is 4.98 Å². The van der Waals surface area contributed by atoms with Crippen LogP contribution in [0.3, 0.4) is 0 Å². The van der Waals surface area contributed by atoms with Crippen LogP contribution in [0.15, 0.2) is 60.9 Å². The number of carbonyl (C=O) groups is 2. The largest absolute Gasteiger partial charge is 0.337 e. The van der Waals surface area contributed by atoms with Crippen molar-refractivity contribution in [2.75, 3.05) is 5.32 Å². The van der Waals surface area contributed by atoms with E-state index in [0.717, 1.165) is 27.9 Å². The number of amides is 2. The van der Waals surface area contributed by atoms with E-state index in [9.17, 15) is 9.59 Å². The van der Waals surface area contributed by atoms with Gasteiger partial charge in [0.2, 0.25) is 11.7 Å². The average Bonchev–Trinajstić information content (AvgIpc) is 3.48. The van der Waals surface area contributed by atoms with Gasteiger partial charge in [-0.2, -0.15) is 5.10 Å². The molecule has 0 saturated heterocycles. The molecule has 1 aliphatic rings. The Morgan fingerprint density at radius 2 is 2.00 bits per heavy atom. The highest BCUT2D eigenvalue weighted by atomic mass is 16.2. The lowest BCUT2D eigenvalue weighted by molar-refractivity contribution is -0.118. The summed E-state index contributed by atoms with van der Waals surface area (Å²) in [5, 5.41) is 19.3. The summed E-state index contributed by atoms with van der Waals surface area (Å²) in [7, 11) is 0. The van der Waals surface area contributed by atoms with E-state index in [0.29, 0.717) is 25.1 Å². The molecule has 2 aromatic carbocycles. The molecule has 0 spiro atoms. The first kappa shape index (κ1) is 19.7. The Labute approximate surface area is 183 Å². The monoisotopic (exact) mass is 427 g/mol. The predicted molar refractivity (Wildman–Crippen MR) is 118 cm³/mol. The number of benzene rings is 2. The maximum absolute atomic E-state index is 12.7. The number of hydrogen-bond acceptors (Lipinski definition) is 5. The minimum atomic E-state index is -0.677. The number of nitrogens with one attached hydrogen (secondary N) is 4. The predicted octanol–water partition coefficient (Wildman–Crippen LogP) is 2.47. The number of aromatic amines is 2. The van der Waals surface area contributed by atoms with Crippen molar-refractivity contribution in [2.24, 2.45) is 0 Å². The lowest BCUT2D eigenvalue weighted by Gasteiger charge is -2.13. The number of anilines is 1. The highest BCUT2D eigenvalue weighted by molar-refractivity contribution is 6.00. The van der Waals surface area contributed by atoms with Gasteiger partial charge in [-0.15, -0.1) is 5.10 Å². The molecule has 5 rings (SSSR count). The summed E-state index contributed by atoms with van der Waals surface area (Å²) in [6.45, 7) is 0. The van der Waals surface area contributed by atoms with Crippen molar-refractivity contribution in [3.63, 3.8) is 0 Å². The molecule has 4 aromatic rings. The van der Waals surface area contributed by atoms with Crippen LogP contribution in [0.4, 0.5) is 5.69 Å². The lowest BCUT2D eigenvalue weighted by atomic mass is 10.0. The zero-order valence-electron chi connectivity index (χ0n) is 17.1. The Kier molecular flexibility index (Phi) is 5.20. The summed E-state index contributed by atoms with van der Waals surface area (Å²) in [6.07, 6.45) is 5.23. The van der Waals surface area contributed by atoms with Crippen LogP contribution in [-0.4, -0.2) is 43.2 Å². The second kappa shape index (κ2) is 8.46. The molecule has 3 heterocycles. The van der Waals surface area contributed by atoms with E-state index in [1.165, 1.54) is 0 Å². The highest BCUT2D eigenvalue weighted by Crippen LogP contribution is 2.28. The van der Waals surface area contributed by atoms with Crippen LogP contribution in [0.1, 0.15) is 34.0 Å². The summed E-state index contributed by atoms with van der Waals surface area (Å²) in [4.78, 5) is 29.7. The van der Waals surface area contributed by atoms with Gasteiger partial charge in [0.1, 0.15) is 11.9 Å². The van der Waals surface area contributed by atoms with E-state index < -0.39 is 11.9 Å². The zero-order chi connectivity index (χ0) is 21.9. The third kappa shape index (κ3) is 4.13. The first-order chi connectivity index (χ1) is 15.7. The van der Waals surface area contributed by atoms with Crippen molar-refractivity contribution in [1.29, 1.82) is 0 Å². The molecule has 0 bridgehead atoms. The van der Waals surface area contributed by atoms with Crippen LogP contribution < -0.4 is 10.6 Å². The molecule has 4 N–H and O–H groups in total. The van der Waals surface area contributed by atoms with Crippen molar-refractivity contribution in [2.45, 2.75) is 25.3 Å². The smallest absolute Gasteiger partial charge is 0.291 e. The fourth-order valence-corrected chi connectivity index (χ4v) is 3.79. The molecule has 0 fully saturated rings. The van der Waals surface area contributed by atoms with E-state index >= 15 is 0 Å². The normalized spacial score (nSPS) is 15.5. The van der Waals surface area contributed by atoms with Gasteiger partial charge in [-0.3, -0.25) is 19.8 Å². The van der Waals surface area contributed by atoms with Gasteiger partial charge in [0, 0.05) is 23.9 Å². The maximum Gasteiger partial charge on any atom is 0.291 e. The quantitative estimate of drug-likeness (QED) is 0.389. The maximum atomic E-state index is 12.7. The molecule has 32 heavy (non-hydrogen) atoms. The van der Waals surface area contributed by atoms with Gasteiger partial charge in [0.05, 0.1) is 6.20 Å². The SMILES string of the molecule is O=C(NC1CCc2cc(-c3cn[nH]c3)ccc2NC1=O)c1n[nH]c(Cc2ccccc2)n1. The van der Waals surface area contributed by atoms with E-state index in [1.54, 1.807) is 6.20 Å².